The topological polar surface area (TPSA) is 95.5 Å². The van der Waals surface area contributed by atoms with Crippen LogP contribution < -0.4 is 5.73 Å². The zero-order chi connectivity index (χ0) is 14.4. The molecule has 2 N–H and O–H groups in total. The van der Waals surface area contributed by atoms with E-state index in [0.717, 1.165) is 5.56 Å². The lowest BCUT2D eigenvalue weighted by atomic mass is 10.2. The smallest absolute Gasteiger partial charge is 0.323 e. The van der Waals surface area contributed by atoms with Gasteiger partial charge in [-0.15, -0.1) is 0 Å². The fourth-order valence-electron chi connectivity index (χ4n) is 1.28. The third-order valence-corrected chi connectivity index (χ3v) is 3.77. The Labute approximate surface area is 119 Å². The Balaban J connectivity index is 2.54. The molecule has 0 aliphatic carbocycles. The molecular formula is C11H13ClN2O4S. The number of hydrogen-bond donors (Lipinski definition) is 1. The highest BCUT2D eigenvalue weighted by Gasteiger charge is 2.14. The number of non-ortho nitro benzene ring substituents is 1. The van der Waals surface area contributed by atoms with E-state index in [1.807, 2.05) is 0 Å². The van der Waals surface area contributed by atoms with Gasteiger partial charge in [0.25, 0.3) is 5.69 Å². The van der Waals surface area contributed by atoms with E-state index >= 15 is 0 Å². The number of nitrogens with two attached hydrogens (primary N) is 1. The number of halogens is 1. The van der Waals surface area contributed by atoms with Crippen LogP contribution in [0, 0.1) is 10.1 Å². The SMILES string of the molecule is COC(=O)C(N)CSCc1ccc([N+](=O)[O-])cc1Cl. The fraction of sp³-hybridized carbons (Fsp3) is 0.364. The van der Waals surface area contributed by atoms with E-state index < -0.39 is 16.9 Å². The second-order valence-electron chi connectivity index (χ2n) is 3.68. The number of thioether (sulfide) groups is 1. The Hall–Kier alpha value is -1.31. The third kappa shape index (κ3) is 4.70. The number of nitrogens with zero attached hydrogens (tertiary/aromatic N) is 1. The minimum atomic E-state index is -0.688. The first-order chi connectivity index (χ1) is 8.95. The molecule has 0 heterocycles. The van der Waals surface area contributed by atoms with Gasteiger partial charge < -0.3 is 10.5 Å². The van der Waals surface area contributed by atoms with Crippen LogP contribution in [0.1, 0.15) is 5.56 Å². The molecule has 1 atom stereocenters. The number of nitro benzene ring substituents is 1. The number of esters is 1. The van der Waals surface area contributed by atoms with Crippen molar-refractivity contribution in [1.29, 1.82) is 0 Å². The average Bonchev–Trinajstić information content (AvgIpc) is 2.39. The number of benzene rings is 1. The van der Waals surface area contributed by atoms with Crippen LogP contribution in [-0.4, -0.2) is 29.8 Å². The van der Waals surface area contributed by atoms with E-state index in [2.05, 4.69) is 4.74 Å². The quantitative estimate of drug-likeness (QED) is 0.490. The standard InChI is InChI=1S/C11H13ClN2O4S/c1-18-11(15)10(13)6-19-5-7-2-3-8(14(16)17)4-9(7)12/h2-4,10H,5-6,13H2,1H3. The zero-order valence-electron chi connectivity index (χ0n) is 10.2. The van der Waals surface area contributed by atoms with Crippen molar-refractivity contribution in [2.75, 3.05) is 12.9 Å². The summed E-state index contributed by atoms with van der Waals surface area (Å²) in [5, 5.41) is 10.9. The number of methoxy groups -OCH3 is 1. The van der Waals surface area contributed by atoms with Gasteiger partial charge in [-0.1, -0.05) is 11.6 Å². The maximum Gasteiger partial charge on any atom is 0.323 e. The summed E-state index contributed by atoms with van der Waals surface area (Å²) in [6.07, 6.45) is 0. The van der Waals surface area contributed by atoms with Crippen molar-refractivity contribution in [3.8, 4) is 0 Å². The molecule has 0 amide bonds. The summed E-state index contributed by atoms with van der Waals surface area (Å²) in [5.74, 6) is 0.434. The highest BCUT2D eigenvalue weighted by Crippen LogP contribution is 2.25. The predicted molar refractivity (Wildman–Crippen MR) is 74.3 cm³/mol. The van der Waals surface area contributed by atoms with Crippen LogP contribution in [-0.2, 0) is 15.3 Å². The van der Waals surface area contributed by atoms with E-state index in [0.29, 0.717) is 16.5 Å². The predicted octanol–water partition coefficient (Wildman–Crippen LogP) is 1.98. The molecule has 1 unspecified atom stereocenters. The van der Waals surface area contributed by atoms with Crippen LogP contribution in [0.4, 0.5) is 5.69 Å². The maximum atomic E-state index is 11.1. The summed E-state index contributed by atoms with van der Waals surface area (Å²) >= 11 is 7.34. The molecule has 0 saturated heterocycles. The molecule has 19 heavy (non-hydrogen) atoms. The molecule has 104 valence electrons. The van der Waals surface area contributed by atoms with Crippen LogP contribution in [0.25, 0.3) is 0 Å². The Morgan fingerprint density at radius 2 is 2.32 bits per heavy atom. The Morgan fingerprint density at radius 1 is 1.63 bits per heavy atom. The Morgan fingerprint density at radius 3 is 2.84 bits per heavy atom. The first-order valence-corrected chi connectivity index (χ1v) is 6.83. The first-order valence-electron chi connectivity index (χ1n) is 5.29. The summed E-state index contributed by atoms with van der Waals surface area (Å²) in [6.45, 7) is 0. The van der Waals surface area contributed by atoms with E-state index in [4.69, 9.17) is 17.3 Å². The van der Waals surface area contributed by atoms with Gasteiger partial charge in [0.05, 0.1) is 17.1 Å². The summed E-state index contributed by atoms with van der Waals surface area (Å²) in [5.41, 5.74) is 6.28. The monoisotopic (exact) mass is 304 g/mol. The number of rotatable bonds is 6. The lowest BCUT2D eigenvalue weighted by Crippen LogP contribution is -2.33. The van der Waals surface area contributed by atoms with E-state index in [9.17, 15) is 14.9 Å². The largest absolute Gasteiger partial charge is 0.468 e. The average molecular weight is 305 g/mol. The normalized spacial score (nSPS) is 11.9. The van der Waals surface area contributed by atoms with Gasteiger partial charge in [-0.3, -0.25) is 14.9 Å². The number of carbonyl (C=O) groups is 1. The zero-order valence-corrected chi connectivity index (χ0v) is 11.7. The number of ether oxygens (including phenoxy) is 1. The van der Waals surface area contributed by atoms with Gasteiger partial charge in [-0.25, -0.2) is 0 Å². The van der Waals surface area contributed by atoms with Gasteiger partial charge in [0.2, 0.25) is 0 Å². The molecule has 1 aromatic rings. The summed E-state index contributed by atoms with van der Waals surface area (Å²) in [7, 11) is 1.28. The van der Waals surface area contributed by atoms with E-state index in [1.54, 1.807) is 6.07 Å². The van der Waals surface area contributed by atoms with Gasteiger partial charge in [-0.2, -0.15) is 11.8 Å². The third-order valence-electron chi connectivity index (χ3n) is 2.31. The molecule has 6 nitrogen and oxygen atoms in total. The molecule has 1 rings (SSSR count). The Bertz CT molecular complexity index is 484. The minimum absolute atomic E-state index is 0.0509. The van der Waals surface area contributed by atoms with E-state index in [1.165, 1.54) is 31.0 Å². The number of hydrogen-bond acceptors (Lipinski definition) is 6. The van der Waals surface area contributed by atoms with Gasteiger partial charge in [-0.05, 0) is 11.6 Å². The molecule has 0 aliphatic heterocycles. The molecule has 0 aliphatic rings. The molecule has 0 fully saturated rings. The summed E-state index contributed by atoms with van der Waals surface area (Å²) < 4.78 is 4.50. The van der Waals surface area contributed by atoms with Gasteiger partial charge in [0, 0.05) is 23.6 Å². The van der Waals surface area contributed by atoms with Crippen molar-refractivity contribution in [1.82, 2.24) is 0 Å². The lowest BCUT2D eigenvalue weighted by molar-refractivity contribution is -0.384. The van der Waals surface area contributed by atoms with Gasteiger partial charge in [0.1, 0.15) is 6.04 Å². The molecular weight excluding hydrogens is 292 g/mol. The highest BCUT2D eigenvalue weighted by molar-refractivity contribution is 7.98. The molecule has 0 aromatic heterocycles. The van der Waals surface area contributed by atoms with Crippen molar-refractivity contribution in [3.05, 3.63) is 38.9 Å². The maximum absolute atomic E-state index is 11.1. The highest BCUT2D eigenvalue weighted by atomic mass is 35.5. The van der Waals surface area contributed by atoms with Crippen LogP contribution >= 0.6 is 23.4 Å². The van der Waals surface area contributed by atoms with E-state index in [-0.39, 0.29) is 5.69 Å². The number of nitro groups is 1. The second kappa shape index (κ2) is 7.32. The molecule has 0 spiro atoms. The van der Waals surface area contributed by atoms with Crippen LogP contribution in [0.2, 0.25) is 5.02 Å². The van der Waals surface area contributed by atoms with Crippen molar-refractivity contribution in [2.24, 2.45) is 5.73 Å². The first kappa shape index (κ1) is 15.7. The van der Waals surface area contributed by atoms with Crippen molar-refractivity contribution in [3.63, 3.8) is 0 Å². The van der Waals surface area contributed by atoms with Gasteiger partial charge >= 0.3 is 5.97 Å². The molecule has 0 radical (unpaired) electrons. The van der Waals surface area contributed by atoms with Gasteiger partial charge in [0.15, 0.2) is 0 Å². The van der Waals surface area contributed by atoms with Crippen molar-refractivity contribution >= 4 is 35.0 Å². The van der Waals surface area contributed by atoms with Crippen molar-refractivity contribution in [2.45, 2.75) is 11.8 Å². The fourth-order valence-corrected chi connectivity index (χ4v) is 2.58. The number of carbonyl (C=O) groups excluding carboxylic acids is 1. The van der Waals surface area contributed by atoms with Crippen LogP contribution in [0.5, 0.6) is 0 Å². The second-order valence-corrected chi connectivity index (χ2v) is 5.12. The molecule has 0 saturated carbocycles. The molecule has 0 bridgehead atoms. The summed E-state index contributed by atoms with van der Waals surface area (Å²) in [6, 6.07) is 3.60. The van der Waals surface area contributed by atoms with Crippen molar-refractivity contribution < 1.29 is 14.5 Å². The minimum Gasteiger partial charge on any atom is -0.468 e. The van der Waals surface area contributed by atoms with Crippen LogP contribution in [0.15, 0.2) is 18.2 Å². The Kier molecular flexibility index (Phi) is 6.07. The van der Waals surface area contributed by atoms with Crippen LogP contribution in [0.3, 0.4) is 0 Å². The summed E-state index contributed by atoms with van der Waals surface area (Å²) in [4.78, 5) is 21.1. The lowest BCUT2D eigenvalue weighted by Gasteiger charge is -2.09. The molecule has 1 aromatic carbocycles. The molecule has 8 heteroatoms.